The van der Waals surface area contributed by atoms with Crippen LogP contribution < -0.4 is 0 Å². The van der Waals surface area contributed by atoms with Gasteiger partial charge in [0.05, 0.1) is 18.6 Å². The van der Waals surface area contributed by atoms with E-state index in [1.807, 2.05) is 0 Å². The van der Waals surface area contributed by atoms with Gasteiger partial charge in [0.2, 0.25) is 0 Å². The highest BCUT2D eigenvalue weighted by Gasteiger charge is 1.88. The number of hydrogen-bond acceptors (Lipinski definition) is 3. The van der Waals surface area contributed by atoms with Gasteiger partial charge in [0.1, 0.15) is 0 Å². The average molecular weight is 160 g/mol. The third kappa shape index (κ3) is 27.0. The monoisotopic (exact) mass is 160 g/mol. The predicted octanol–water partition coefficient (Wildman–Crippen LogP) is 1.04. The molecule has 1 atom stereocenters. The van der Waals surface area contributed by atoms with Crippen molar-refractivity contribution in [3.05, 3.63) is 25.7 Å². The number of hydrogen-bond donors (Lipinski definition) is 2. The molecule has 0 aliphatic carbocycles. The summed E-state index contributed by atoms with van der Waals surface area (Å²) in [6.45, 7) is 8.24. The smallest absolute Gasteiger partial charge is 0.0829 e. The van der Waals surface area contributed by atoms with Crippen LogP contribution in [0.25, 0.3) is 0 Å². The van der Waals surface area contributed by atoms with E-state index in [1.165, 1.54) is 12.5 Å². The summed E-state index contributed by atoms with van der Waals surface area (Å²) in [4.78, 5) is 0. The van der Waals surface area contributed by atoms with Crippen molar-refractivity contribution in [2.45, 2.75) is 19.4 Å². The van der Waals surface area contributed by atoms with Crippen LogP contribution in [-0.2, 0) is 4.74 Å². The van der Waals surface area contributed by atoms with Crippen molar-refractivity contribution in [2.75, 3.05) is 6.61 Å². The standard InChI is InChI=1S/C4H10O2.C4H6O/c1-4(6)2-3-5;1-3-5-4-2/h4-6H,2-3H2,1H3;3-4H,1-2H2. The second kappa shape index (κ2) is 11.9. The first-order valence-corrected chi connectivity index (χ1v) is 3.35. The van der Waals surface area contributed by atoms with Crippen LogP contribution in [0.2, 0.25) is 0 Å². The lowest BCUT2D eigenvalue weighted by atomic mass is 10.3. The molecule has 0 aliphatic heterocycles. The Hall–Kier alpha value is -0.800. The van der Waals surface area contributed by atoms with E-state index in [2.05, 4.69) is 17.9 Å². The van der Waals surface area contributed by atoms with Gasteiger partial charge in [-0.1, -0.05) is 13.2 Å². The molecule has 0 aromatic heterocycles. The summed E-state index contributed by atoms with van der Waals surface area (Å²) in [5.74, 6) is 0. The molecule has 0 bridgehead atoms. The molecule has 11 heavy (non-hydrogen) atoms. The van der Waals surface area contributed by atoms with Crippen molar-refractivity contribution in [1.29, 1.82) is 0 Å². The lowest BCUT2D eigenvalue weighted by Gasteiger charge is -1.95. The van der Waals surface area contributed by atoms with E-state index in [9.17, 15) is 0 Å². The summed E-state index contributed by atoms with van der Waals surface area (Å²) in [6.07, 6.45) is 2.76. The molecule has 1 unspecified atom stereocenters. The third-order valence-corrected chi connectivity index (χ3v) is 0.739. The minimum absolute atomic E-state index is 0.0810. The summed E-state index contributed by atoms with van der Waals surface area (Å²) < 4.78 is 4.36. The molecule has 0 spiro atoms. The highest BCUT2D eigenvalue weighted by Crippen LogP contribution is 1.83. The zero-order valence-corrected chi connectivity index (χ0v) is 6.86. The van der Waals surface area contributed by atoms with E-state index in [4.69, 9.17) is 10.2 Å². The Morgan fingerprint density at radius 3 is 1.91 bits per heavy atom. The lowest BCUT2D eigenvalue weighted by molar-refractivity contribution is 0.148. The Morgan fingerprint density at radius 1 is 1.45 bits per heavy atom. The molecule has 0 aromatic carbocycles. The van der Waals surface area contributed by atoms with Gasteiger partial charge in [0, 0.05) is 6.61 Å². The Labute approximate surface area is 67.6 Å². The molecule has 0 radical (unpaired) electrons. The maximum absolute atomic E-state index is 8.39. The zero-order valence-electron chi connectivity index (χ0n) is 6.86. The molecule has 2 N–H and O–H groups in total. The van der Waals surface area contributed by atoms with Crippen LogP contribution >= 0.6 is 0 Å². The van der Waals surface area contributed by atoms with Gasteiger partial charge in [0.15, 0.2) is 0 Å². The van der Waals surface area contributed by atoms with Crippen LogP contribution in [0.1, 0.15) is 13.3 Å². The molecule has 3 nitrogen and oxygen atoms in total. The maximum atomic E-state index is 8.39. The van der Waals surface area contributed by atoms with E-state index in [0.29, 0.717) is 6.42 Å². The van der Waals surface area contributed by atoms with E-state index in [-0.39, 0.29) is 12.7 Å². The minimum atomic E-state index is -0.352. The van der Waals surface area contributed by atoms with E-state index >= 15 is 0 Å². The quantitative estimate of drug-likeness (QED) is 0.604. The number of aliphatic hydroxyl groups is 2. The van der Waals surface area contributed by atoms with Crippen molar-refractivity contribution < 1.29 is 14.9 Å². The molecule has 0 amide bonds. The summed E-state index contributed by atoms with van der Waals surface area (Å²) in [7, 11) is 0. The highest BCUT2D eigenvalue weighted by atomic mass is 16.5. The summed E-state index contributed by atoms with van der Waals surface area (Å²) in [5, 5.41) is 16.5. The minimum Gasteiger partial charge on any atom is -0.474 e. The molecule has 0 rings (SSSR count). The molecule has 3 heteroatoms. The summed E-state index contributed by atoms with van der Waals surface area (Å²) in [6, 6.07) is 0. The van der Waals surface area contributed by atoms with Crippen LogP contribution in [0, 0.1) is 0 Å². The van der Waals surface area contributed by atoms with Crippen LogP contribution in [0.4, 0.5) is 0 Å². The molecule has 0 saturated carbocycles. The van der Waals surface area contributed by atoms with Crippen molar-refractivity contribution in [3.8, 4) is 0 Å². The van der Waals surface area contributed by atoms with Crippen molar-refractivity contribution in [3.63, 3.8) is 0 Å². The second-order valence-electron chi connectivity index (χ2n) is 1.83. The van der Waals surface area contributed by atoms with Gasteiger partial charge >= 0.3 is 0 Å². The second-order valence-corrected chi connectivity index (χ2v) is 1.83. The van der Waals surface area contributed by atoms with Crippen LogP contribution in [0.3, 0.4) is 0 Å². The molecular formula is C8H16O3. The number of ether oxygens (including phenoxy) is 1. The van der Waals surface area contributed by atoms with Crippen LogP contribution in [-0.4, -0.2) is 22.9 Å². The summed E-state index contributed by atoms with van der Waals surface area (Å²) in [5.41, 5.74) is 0. The molecule has 66 valence electrons. The highest BCUT2D eigenvalue weighted by molar-refractivity contribution is 4.57. The Morgan fingerprint density at radius 2 is 1.91 bits per heavy atom. The first-order chi connectivity index (χ1) is 5.18. The average Bonchev–Trinajstić information content (AvgIpc) is 1.90. The van der Waals surface area contributed by atoms with E-state index < -0.39 is 0 Å². The van der Waals surface area contributed by atoms with Gasteiger partial charge in [-0.05, 0) is 13.3 Å². The largest absolute Gasteiger partial charge is 0.474 e. The van der Waals surface area contributed by atoms with E-state index in [0.717, 1.165) is 0 Å². The zero-order chi connectivity index (χ0) is 9.11. The van der Waals surface area contributed by atoms with Crippen LogP contribution in [0.15, 0.2) is 25.7 Å². The van der Waals surface area contributed by atoms with Crippen molar-refractivity contribution in [2.24, 2.45) is 0 Å². The van der Waals surface area contributed by atoms with Gasteiger partial charge in [-0.3, -0.25) is 0 Å². The van der Waals surface area contributed by atoms with Gasteiger partial charge < -0.3 is 14.9 Å². The first-order valence-electron chi connectivity index (χ1n) is 3.35. The fraction of sp³-hybridized carbons (Fsp3) is 0.500. The predicted molar refractivity (Wildman–Crippen MR) is 44.9 cm³/mol. The molecule has 0 fully saturated rings. The molecular weight excluding hydrogens is 144 g/mol. The van der Waals surface area contributed by atoms with Crippen LogP contribution in [0.5, 0.6) is 0 Å². The Bertz CT molecular complexity index is 83.3. The first kappa shape index (κ1) is 12.8. The lowest BCUT2D eigenvalue weighted by Crippen LogP contribution is -2.00. The summed E-state index contributed by atoms with van der Waals surface area (Å²) >= 11 is 0. The molecule has 0 aliphatic rings. The van der Waals surface area contributed by atoms with Gasteiger partial charge in [-0.25, -0.2) is 0 Å². The number of rotatable bonds is 4. The Kier molecular flexibility index (Phi) is 13.9. The maximum Gasteiger partial charge on any atom is 0.0829 e. The molecule has 0 aromatic rings. The van der Waals surface area contributed by atoms with E-state index in [1.54, 1.807) is 6.92 Å². The fourth-order valence-electron chi connectivity index (χ4n) is 0.255. The number of aliphatic hydroxyl groups excluding tert-OH is 2. The third-order valence-electron chi connectivity index (χ3n) is 0.739. The van der Waals surface area contributed by atoms with Gasteiger partial charge in [-0.2, -0.15) is 0 Å². The van der Waals surface area contributed by atoms with Crippen molar-refractivity contribution in [1.82, 2.24) is 0 Å². The molecule has 0 saturated heterocycles. The van der Waals surface area contributed by atoms with Gasteiger partial charge in [0.25, 0.3) is 0 Å². The molecule has 0 heterocycles. The van der Waals surface area contributed by atoms with Crippen molar-refractivity contribution >= 4 is 0 Å². The normalized spacial score (nSPS) is 10.5. The Balaban J connectivity index is 0. The topological polar surface area (TPSA) is 49.7 Å². The van der Waals surface area contributed by atoms with Gasteiger partial charge in [-0.15, -0.1) is 0 Å². The SMILES string of the molecule is C=COC=C.CC(O)CCO. The fourth-order valence-corrected chi connectivity index (χ4v) is 0.255.